The van der Waals surface area contributed by atoms with E-state index in [0.717, 1.165) is 57.7 Å². The number of unbranched alkanes of at least 4 members (excludes halogenated alkanes) is 1. The van der Waals surface area contributed by atoms with Gasteiger partial charge < -0.3 is 20.4 Å². The maximum Gasteiger partial charge on any atom is 0.245 e. The van der Waals surface area contributed by atoms with Crippen molar-refractivity contribution in [2.75, 3.05) is 45.8 Å². The third-order valence-electron chi connectivity index (χ3n) is 9.93. The molecule has 3 aromatic carbocycles. The summed E-state index contributed by atoms with van der Waals surface area (Å²) in [7, 11) is 0. The third-order valence-corrected chi connectivity index (χ3v) is 10.2. The predicted molar refractivity (Wildman–Crippen MR) is 191 cm³/mol. The molecule has 0 saturated carbocycles. The summed E-state index contributed by atoms with van der Waals surface area (Å²) in [6.07, 6.45) is 5.04. The van der Waals surface area contributed by atoms with Crippen LogP contribution in [0.1, 0.15) is 67.8 Å². The molecule has 5 rings (SSSR count). The number of carbonyl (C=O) groups is 2. The van der Waals surface area contributed by atoms with E-state index in [2.05, 4.69) is 88.9 Å². The van der Waals surface area contributed by atoms with E-state index in [1.54, 1.807) is 0 Å². The van der Waals surface area contributed by atoms with E-state index in [4.69, 9.17) is 11.6 Å². The van der Waals surface area contributed by atoms with E-state index in [1.807, 2.05) is 29.2 Å². The first-order chi connectivity index (χ1) is 22.9. The second kappa shape index (κ2) is 17.8. The molecule has 0 radical (unpaired) electrons. The Morgan fingerprint density at radius 1 is 0.894 bits per heavy atom. The highest BCUT2D eigenvalue weighted by Crippen LogP contribution is 2.28. The Labute approximate surface area is 286 Å². The zero-order valence-electron chi connectivity index (χ0n) is 28.2. The van der Waals surface area contributed by atoms with Crippen molar-refractivity contribution in [3.8, 4) is 0 Å². The van der Waals surface area contributed by atoms with Gasteiger partial charge in [-0.15, -0.1) is 0 Å². The summed E-state index contributed by atoms with van der Waals surface area (Å²) in [4.78, 5) is 34.5. The van der Waals surface area contributed by atoms with E-state index in [-0.39, 0.29) is 17.9 Å². The van der Waals surface area contributed by atoms with Crippen molar-refractivity contribution in [2.24, 2.45) is 0 Å². The van der Waals surface area contributed by atoms with Crippen LogP contribution in [0.15, 0.2) is 78.9 Å². The highest BCUT2D eigenvalue weighted by atomic mass is 35.5. The highest BCUT2D eigenvalue weighted by molar-refractivity contribution is 6.30. The molecule has 2 heterocycles. The molecule has 1 saturated heterocycles. The van der Waals surface area contributed by atoms with Gasteiger partial charge in [0.2, 0.25) is 11.8 Å². The summed E-state index contributed by atoms with van der Waals surface area (Å²) in [5, 5.41) is 7.30. The van der Waals surface area contributed by atoms with Gasteiger partial charge in [0, 0.05) is 62.7 Å². The number of fused-ring (bicyclic) bond motifs is 1. The maximum atomic E-state index is 14.1. The Hall–Kier alpha value is -3.23. The average Bonchev–Trinajstić information content (AvgIpc) is 3.10. The molecule has 2 aliphatic heterocycles. The zero-order valence-corrected chi connectivity index (χ0v) is 28.9. The monoisotopic (exact) mass is 657 g/mol. The van der Waals surface area contributed by atoms with Crippen LogP contribution in [0, 0.1) is 0 Å². The van der Waals surface area contributed by atoms with Crippen LogP contribution in [0.4, 0.5) is 0 Å². The Morgan fingerprint density at radius 2 is 1.57 bits per heavy atom. The van der Waals surface area contributed by atoms with Crippen LogP contribution >= 0.6 is 11.6 Å². The molecule has 2 unspecified atom stereocenters. The smallest absolute Gasteiger partial charge is 0.245 e. The van der Waals surface area contributed by atoms with E-state index < -0.39 is 6.04 Å². The molecule has 3 atom stereocenters. The number of hydrogen-bond acceptors (Lipinski definition) is 5. The van der Waals surface area contributed by atoms with Crippen LogP contribution in [0.25, 0.3) is 0 Å². The highest BCUT2D eigenvalue weighted by Gasteiger charge is 2.32. The van der Waals surface area contributed by atoms with Crippen molar-refractivity contribution >= 4 is 23.4 Å². The van der Waals surface area contributed by atoms with Crippen LogP contribution in [0.2, 0.25) is 5.02 Å². The first kappa shape index (κ1) is 35.1. The first-order valence-electron chi connectivity index (χ1n) is 17.6. The van der Waals surface area contributed by atoms with Gasteiger partial charge in [-0.2, -0.15) is 0 Å². The largest absolute Gasteiger partial charge is 0.344 e. The molecule has 2 amide bonds. The summed E-state index contributed by atoms with van der Waals surface area (Å²) < 4.78 is 0. The molecule has 0 aliphatic carbocycles. The topological polar surface area (TPSA) is 67.9 Å². The van der Waals surface area contributed by atoms with Gasteiger partial charge in [-0.1, -0.05) is 98.6 Å². The minimum absolute atomic E-state index is 0.00890. The molecule has 3 aromatic rings. The molecule has 8 heteroatoms. The molecule has 2 aliphatic rings. The van der Waals surface area contributed by atoms with Crippen molar-refractivity contribution < 1.29 is 9.59 Å². The van der Waals surface area contributed by atoms with Crippen LogP contribution in [-0.2, 0) is 29.0 Å². The molecule has 0 spiro atoms. The molecule has 47 heavy (non-hydrogen) atoms. The number of hydrogen-bond donors (Lipinski definition) is 2. The van der Waals surface area contributed by atoms with E-state index in [1.165, 1.54) is 29.5 Å². The number of nitrogens with zero attached hydrogens (tertiary/aromatic N) is 3. The van der Waals surface area contributed by atoms with Gasteiger partial charge in [0.25, 0.3) is 0 Å². The molecule has 2 N–H and O–H groups in total. The van der Waals surface area contributed by atoms with Gasteiger partial charge in [0.15, 0.2) is 0 Å². The van der Waals surface area contributed by atoms with Crippen LogP contribution in [-0.4, -0.2) is 84.4 Å². The lowest BCUT2D eigenvalue weighted by molar-refractivity contribution is -0.138. The molecule has 1 fully saturated rings. The number of rotatable bonds is 15. The fraction of sp³-hybridized carbons (Fsp3) is 0.487. The Morgan fingerprint density at radius 3 is 2.28 bits per heavy atom. The maximum absolute atomic E-state index is 14.1. The summed E-state index contributed by atoms with van der Waals surface area (Å²) in [6.45, 7) is 11.5. The lowest BCUT2D eigenvalue weighted by Gasteiger charge is -2.40. The lowest BCUT2D eigenvalue weighted by atomic mass is 9.94. The van der Waals surface area contributed by atoms with E-state index >= 15 is 0 Å². The minimum atomic E-state index is -0.629. The second-order valence-electron chi connectivity index (χ2n) is 13.0. The zero-order chi connectivity index (χ0) is 33.0. The number of benzene rings is 3. The first-order valence-corrected chi connectivity index (χ1v) is 17.9. The third kappa shape index (κ3) is 10.1. The summed E-state index contributed by atoms with van der Waals surface area (Å²) in [6, 6.07) is 26.5. The number of carbonyl (C=O) groups excluding carboxylic acids is 2. The van der Waals surface area contributed by atoms with Crippen LogP contribution in [0.3, 0.4) is 0 Å². The molecular formula is C39H52ClN5O2. The molecule has 0 aromatic heterocycles. The van der Waals surface area contributed by atoms with Gasteiger partial charge in [-0.05, 0) is 73.3 Å². The number of halogens is 1. The van der Waals surface area contributed by atoms with E-state index in [0.29, 0.717) is 37.0 Å². The van der Waals surface area contributed by atoms with E-state index in [9.17, 15) is 9.59 Å². The van der Waals surface area contributed by atoms with Crippen molar-refractivity contribution in [1.29, 1.82) is 0 Å². The quantitative estimate of drug-likeness (QED) is 0.200. The number of nitrogens with one attached hydrogen (secondary N) is 2. The van der Waals surface area contributed by atoms with Gasteiger partial charge in [0.1, 0.15) is 6.04 Å². The normalized spacial score (nSPS) is 18.0. The summed E-state index contributed by atoms with van der Waals surface area (Å²) in [5.74, 6) is -0.105. The standard InChI is InChI=1S/C39H52ClN5O2/c1-3-43(4-2)21-11-10-16-37(31-12-6-5-7-13-31)44-22-24-45(25-23-44)39(47)36(26-30-17-19-34(40)20-18-30)42-38(46)28-35-27-32-14-8-9-15-33(32)29-41-35/h5-9,12-15,17-20,35-37,41H,3-4,10-11,16,21-29H2,1-2H3,(H,42,46)/t35-,36?,37?/m0/s1. The predicted octanol–water partition coefficient (Wildman–Crippen LogP) is 5.87. The van der Waals surface area contributed by atoms with Crippen LogP contribution in [0.5, 0.6) is 0 Å². The van der Waals surface area contributed by atoms with Gasteiger partial charge in [-0.25, -0.2) is 0 Å². The SMILES string of the molecule is CCN(CC)CCCCC(c1ccccc1)N1CCN(C(=O)C(Cc2ccc(Cl)cc2)NC(=O)C[C@@H]2Cc3ccccc3CN2)CC1. The number of amides is 2. The molecule has 252 valence electrons. The van der Waals surface area contributed by atoms with Crippen molar-refractivity contribution in [2.45, 2.75) is 77.0 Å². The van der Waals surface area contributed by atoms with Gasteiger partial charge in [0.05, 0.1) is 0 Å². The Bertz CT molecular complexity index is 1410. The second-order valence-corrected chi connectivity index (χ2v) is 13.5. The fourth-order valence-corrected chi connectivity index (χ4v) is 7.25. The van der Waals surface area contributed by atoms with Gasteiger partial charge in [-0.3, -0.25) is 14.5 Å². The number of piperazine rings is 1. The fourth-order valence-electron chi connectivity index (χ4n) is 7.12. The van der Waals surface area contributed by atoms with Crippen molar-refractivity contribution in [3.63, 3.8) is 0 Å². The average molecular weight is 658 g/mol. The van der Waals surface area contributed by atoms with Crippen molar-refractivity contribution in [1.82, 2.24) is 25.3 Å². The van der Waals surface area contributed by atoms with Crippen molar-refractivity contribution in [3.05, 3.63) is 106 Å². The lowest BCUT2D eigenvalue weighted by Crippen LogP contribution is -2.56. The minimum Gasteiger partial charge on any atom is -0.344 e. The summed E-state index contributed by atoms with van der Waals surface area (Å²) >= 11 is 6.15. The molecule has 7 nitrogen and oxygen atoms in total. The van der Waals surface area contributed by atoms with Gasteiger partial charge >= 0.3 is 0 Å². The molecular weight excluding hydrogens is 606 g/mol. The Kier molecular flexibility index (Phi) is 13.3. The van der Waals surface area contributed by atoms with Crippen LogP contribution < -0.4 is 10.6 Å². The Balaban J connectivity index is 1.21. The summed E-state index contributed by atoms with van der Waals surface area (Å²) in [5.41, 5.74) is 4.90. The molecule has 0 bridgehead atoms.